The molecule has 0 amide bonds. The number of benzene rings is 1. The summed E-state index contributed by atoms with van der Waals surface area (Å²) in [5.41, 5.74) is 0. The van der Waals surface area contributed by atoms with Crippen molar-refractivity contribution in [2.75, 3.05) is 20.2 Å². The fraction of sp³-hybridized carbons (Fsp3) is 0.500. The Morgan fingerprint density at radius 1 is 1.16 bits per heavy atom. The molecule has 25 heavy (non-hydrogen) atoms. The minimum atomic E-state index is -5.29. The molecule has 6 nitrogen and oxygen atoms in total. The van der Waals surface area contributed by atoms with E-state index in [1.807, 2.05) is 0 Å². The van der Waals surface area contributed by atoms with Gasteiger partial charge < -0.3 is 0 Å². The number of alkyl halides is 4. The van der Waals surface area contributed by atoms with Crippen LogP contribution in [0.1, 0.15) is 13.8 Å². The fourth-order valence-corrected chi connectivity index (χ4v) is 7.91. The third-order valence-corrected chi connectivity index (χ3v) is 9.64. The number of halogens is 4. The molecule has 2 aliphatic rings. The van der Waals surface area contributed by atoms with Crippen LogP contribution in [0.4, 0.5) is 13.2 Å². The van der Waals surface area contributed by atoms with Gasteiger partial charge in [-0.1, -0.05) is 0 Å². The van der Waals surface area contributed by atoms with E-state index in [-0.39, 0.29) is 24.6 Å². The Morgan fingerprint density at radius 3 is 2.08 bits per heavy atom. The first-order valence-electron chi connectivity index (χ1n) is 7.52. The SMILES string of the molecule is CCN(CC)P12(OC(OC)=NC1(Cl)C(F)(F)F)Oc1ccccc1O2. The Labute approximate surface area is 147 Å². The molecule has 2 aliphatic heterocycles. The molecule has 1 unspecified atom stereocenters. The van der Waals surface area contributed by atoms with Gasteiger partial charge in [-0.05, 0) is 0 Å². The summed E-state index contributed by atoms with van der Waals surface area (Å²) in [7, 11) is -4.16. The summed E-state index contributed by atoms with van der Waals surface area (Å²) in [6.07, 6.45) is -5.67. The van der Waals surface area contributed by atoms with Gasteiger partial charge in [0.2, 0.25) is 0 Å². The van der Waals surface area contributed by atoms with Crippen molar-refractivity contribution >= 4 is 25.1 Å². The number of ether oxygens (including phenoxy) is 1. The molecule has 3 rings (SSSR count). The van der Waals surface area contributed by atoms with Crippen LogP contribution in [0.2, 0.25) is 0 Å². The standard InChI is InChI=1S/C14H17ClF3N2O4P/c1-4-20(5-2)25(22-10-8-6-7-9-11(10)23-25)13(15,14(16,17)18)19-12(21-3)24-25/h6-9H,4-5H2,1-3H3. The maximum atomic E-state index is 14.1. The van der Waals surface area contributed by atoms with Crippen LogP contribution in [-0.4, -0.2) is 41.9 Å². The molecule has 0 saturated heterocycles. The second kappa shape index (κ2) is 5.53. The van der Waals surface area contributed by atoms with Gasteiger partial charge in [-0.25, -0.2) is 0 Å². The van der Waals surface area contributed by atoms with Crippen molar-refractivity contribution < 1.29 is 31.5 Å². The van der Waals surface area contributed by atoms with Crippen LogP contribution in [0, 0.1) is 0 Å². The van der Waals surface area contributed by atoms with Crippen molar-refractivity contribution in [2.45, 2.75) is 24.8 Å². The third kappa shape index (κ3) is 2.09. The summed E-state index contributed by atoms with van der Waals surface area (Å²) in [5.74, 6) is 0.211. The average Bonchev–Trinajstić information content (AvgIpc) is 3.03. The Bertz CT molecular complexity index is 703. The predicted octanol–water partition coefficient (Wildman–Crippen LogP) is 4.50. The van der Waals surface area contributed by atoms with Gasteiger partial charge in [0.1, 0.15) is 0 Å². The molecular formula is C14H17ClF3N2O4P. The van der Waals surface area contributed by atoms with Gasteiger partial charge in [0, 0.05) is 0 Å². The van der Waals surface area contributed by atoms with Crippen LogP contribution < -0.4 is 9.05 Å². The van der Waals surface area contributed by atoms with Gasteiger partial charge in [0.05, 0.1) is 0 Å². The summed E-state index contributed by atoms with van der Waals surface area (Å²) < 4.78 is 62.5. The zero-order valence-corrected chi connectivity index (χ0v) is 15.4. The van der Waals surface area contributed by atoms with Crippen LogP contribution in [-0.2, 0) is 9.26 Å². The molecule has 1 spiro atoms. The van der Waals surface area contributed by atoms with Gasteiger partial charge in [-0.15, -0.1) is 0 Å². The number of methoxy groups -OCH3 is 1. The zero-order valence-electron chi connectivity index (χ0n) is 13.7. The normalized spacial score (nSPS) is 27.5. The second-order valence-corrected chi connectivity index (χ2v) is 9.62. The van der Waals surface area contributed by atoms with E-state index in [0.717, 1.165) is 7.11 Å². The molecular weight excluding hydrogens is 384 g/mol. The first kappa shape index (κ1) is 18.4. The van der Waals surface area contributed by atoms with Crippen molar-refractivity contribution in [1.82, 2.24) is 4.67 Å². The van der Waals surface area contributed by atoms with Gasteiger partial charge >= 0.3 is 147 Å². The molecule has 1 aromatic carbocycles. The molecule has 11 heteroatoms. The van der Waals surface area contributed by atoms with Crippen molar-refractivity contribution in [3.63, 3.8) is 0 Å². The molecule has 1 atom stereocenters. The van der Waals surface area contributed by atoms with Crippen LogP contribution in [0.5, 0.6) is 11.5 Å². The van der Waals surface area contributed by atoms with E-state index in [4.69, 9.17) is 29.9 Å². The van der Waals surface area contributed by atoms with Gasteiger partial charge in [0.15, 0.2) is 0 Å². The van der Waals surface area contributed by atoms with Crippen molar-refractivity contribution in [2.24, 2.45) is 4.99 Å². The van der Waals surface area contributed by atoms with E-state index in [9.17, 15) is 13.2 Å². The second-order valence-electron chi connectivity index (χ2n) is 5.37. The topological polar surface area (TPSA) is 52.5 Å². The molecule has 140 valence electrons. The van der Waals surface area contributed by atoms with E-state index >= 15 is 0 Å². The van der Waals surface area contributed by atoms with Crippen molar-refractivity contribution in [3.8, 4) is 11.5 Å². The summed E-state index contributed by atoms with van der Waals surface area (Å²) in [4.78, 5) is 3.50. The molecule has 0 saturated carbocycles. The summed E-state index contributed by atoms with van der Waals surface area (Å²) in [6.45, 7) is 3.56. The van der Waals surface area contributed by atoms with Crippen molar-refractivity contribution in [1.29, 1.82) is 0 Å². The average molecular weight is 401 g/mol. The number of para-hydroxylation sites is 2. The molecule has 0 aliphatic carbocycles. The summed E-state index contributed by atoms with van der Waals surface area (Å²) >= 11 is 6.13. The fourth-order valence-electron chi connectivity index (χ4n) is 2.98. The molecule has 2 heterocycles. The third-order valence-electron chi connectivity index (χ3n) is 4.10. The van der Waals surface area contributed by atoms with Crippen molar-refractivity contribution in [3.05, 3.63) is 24.3 Å². The van der Waals surface area contributed by atoms with Gasteiger partial charge in [-0.3, -0.25) is 0 Å². The van der Waals surface area contributed by atoms with Crippen LogP contribution in [0.25, 0.3) is 0 Å². The molecule has 0 fully saturated rings. The molecule has 0 aromatic heterocycles. The van der Waals surface area contributed by atoms with E-state index < -0.39 is 24.4 Å². The Kier molecular flexibility index (Phi) is 4.06. The Morgan fingerprint density at radius 2 is 1.68 bits per heavy atom. The van der Waals surface area contributed by atoms with Crippen LogP contribution >= 0.6 is 19.0 Å². The Balaban J connectivity index is 2.31. The van der Waals surface area contributed by atoms with Crippen LogP contribution in [0.3, 0.4) is 0 Å². The first-order chi connectivity index (χ1) is 11.7. The quantitative estimate of drug-likeness (QED) is 0.425. The van der Waals surface area contributed by atoms with Crippen LogP contribution in [0.15, 0.2) is 29.3 Å². The molecule has 0 N–H and O–H groups in total. The number of hydrogen-bond acceptors (Lipinski definition) is 6. The van der Waals surface area contributed by atoms with E-state index in [1.54, 1.807) is 26.0 Å². The number of fused-ring (bicyclic) bond motifs is 1. The first-order valence-corrected chi connectivity index (χ1v) is 9.84. The predicted molar refractivity (Wildman–Crippen MR) is 87.7 cm³/mol. The van der Waals surface area contributed by atoms with E-state index in [0.29, 0.717) is 0 Å². The molecule has 0 bridgehead atoms. The monoisotopic (exact) mass is 400 g/mol. The van der Waals surface area contributed by atoms with Gasteiger partial charge in [0.25, 0.3) is 0 Å². The zero-order chi connectivity index (χ0) is 18.5. The van der Waals surface area contributed by atoms with E-state index in [1.165, 1.54) is 16.8 Å². The van der Waals surface area contributed by atoms with E-state index in [2.05, 4.69) is 4.99 Å². The molecule has 0 radical (unpaired) electrons. The number of rotatable bonds is 3. The number of aliphatic imine (C=N–C) groups is 1. The minimum absolute atomic E-state index is 0.105. The summed E-state index contributed by atoms with van der Waals surface area (Å²) in [5, 5.41) is 0. The number of nitrogens with zero attached hydrogens (tertiary/aromatic N) is 2. The molecule has 1 aromatic rings. The number of hydrogen-bond donors (Lipinski definition) is 0. The Hall–Kier alpha value is -1.44. The summed E-state index contributed by atoms with van der Waals surface area (Å²) in [6, 6.07) is 6.20. The van der Waals surface area contributed by atoms with Gasteiger partial charge in [-0.2, -0.15) is 0 Å². The maximum absolute atomic E-state index is 14.1.